The second kappa shape index (κ2) is 7.51. The van der Waals surface area contributed by atoms with Crippen LogP contribution in [-0.2, 0) is 11.2 Å². The Kier molecular flexibility index (Phi) is 5.17. The van der Waals surface area contributed by atoms with E-state index in [1.165, 1.54) is 0 Å². The third-order valence-corrected chi connectivity index (χ3v) is 4.35. The molecule has 1 amide bonds. The number of piperidine rings is 1. The van der Waals surface area contributed by atoms with Gasteiger partial charge in [-0.25, -0.2) is 9.97 Å². The van der Waals surface area contributed by atoms with Gasteiger partial charge in [-0.15, -0.1) is 0 Å². The Morgan fingerprint density at radius 1 is 1.46 bits per heavy atom. The molecule has 0 bridgehead atoms. The Hall–Kier alpha value is -2.31. The zero-order valence-corrected chi connectivity index (χ0v) is 14.2. The second-order valence-corrected chi connectivity index (χ2v) is 6.51. The van der Waals surface area contributed by atoms with Crippen molar-refractivity contribution < 1.29 is 9.32 Å². The Bertz CT molecular complexity index is 671. The summed E-state index contributed by atoms with van der Waals surface area (Å²) in [6, 6.07) is 1.94. The van der Waals surface area contributed by atoms with E-state index in [9.17, 15) is 4.79 Å². The molecule has 0 unspecified atom stereocenters. The van der Waals surface area contributed by atoms with Gasteiger partial charge in [0.05, 0.1) is 0 Å². The molecule has 1 aliphatic heterocycles. The molecular formula is C17H23N5O2. The SMILES string of the molecule is CC(C)c1noc(CCC(=O)N2CCC[C@@H](c3ccncn3)C2)n1. The van der Waals surface area contributed by atoms with Crippen LogP contribution in [0.25, 0.3) is 0 Å². The maximum Gasteiger partial charge on any atom is 0.227 e. The van der Waals surface area contributed by atoms with E-state index in [-0.39, 0.29) is 11.8 Å². The molecule has 7 heteroatoms. The van der Waals surface area contributed by atoms with Crippen molar-refractivity contribution in [2.75, 3.05) is 13.1 Å². The summed E-state index contributed by atoms with van der Waals surface area (Å²) in [5, 5.41) is 3.93. The van der Waals surface area contributed by atoms with Gasteiger partial charge in [-0.3, -0.25) is 4.79 Å². The van der Waals surface area contributed by atoms with Gasteiger partial charge in [-0.1, -0.05) is 19.0 Å². The highest BCUT2D eigenvalue weighted by Gasteiger charge is 2.25. The van der Waals surface area contributed by atoms with Crippen LogP contribution in [0.15, 0.2) is 23.1 Å². The Labute approximate surface area is 141 Å². The highest BCUT2D eigenvalue weighted by atomic mass is 16.5. The van der Waals surface area contributed by atoms with Gasteiger partial charge in [0.2, 0.25) is 11.8 Å². The molecule has 2 aromatic heterocycles. The number of nitrogens with zero attached hydrogens (tertiary/aromatic N) is 5. The van der Waals surface area contributed by atoms with Crippen molar-refractivity contribution in [1.82, 2.24) is 25.0 Å². The lowest BCUT2D eigenvalue weighted by molar-refractivity contribution is -0.132. The predicted molar refractivity (Wildman–Crippen MR) is 87.3 cm³/mol. The first-order valence-corrected chi connectivity index (χ1v) is 8.49. The van der Waals surface area contributed by atoms with E-state index in [1.54, 1.807) is 12.5 Å². The number of amides is 1. The van der Waals surface area contributed by atoms with Crippen molar-refractivity contribution in [2.45, 2.75) is 51.4 Å². The Balaban J connectivity index is 1.54. The van der Waals surface area contributed by atoms with E-state index in [2.05, 4.69) is 20.1 Å². The van der Waals surface area contributed by atoms with E-state index in [4.69, 9.17) is 4.52 Å². The fourth-order valence-electron chi connectivity index (χ4n) is 2.96. The molecule has 7 nitrogen and oxygen atoms in total. The Morgan fingerprint density at radius 3 is 3.04 bits per heavy atom. The minimum Gasteiger partial charge on any atom is -0.342 e. The van der Waals surface area contributed by atoms with Crippen molar-refractivity contribution in [3.63, 3.8) is 0 Å². The van der Waals surface area contributed by atoms with Gasteiger partial charge < -0.3 is 9.42 Å². The highest BCUT2D eigenvalue weighted by molar-refractivity contribution is 5.76. The van der Waals surface area contributed by atoms with Crippen LogP contribution >= 0.6 is 0 Å². The lowest BCUT2D eigenvalue weighted by atomic mass is 9.94. The van der Waals surface area contributed by atoms with Crippen LogP contribution in [0.3, 0.4) is 0 Å². The van der Waals surface area contributed by atoms with Crippen molar-refractivity contribution in [3.05, 3.63) is 36.0 Å². The maximum absolute atomic E-state index is 12.5. The van der Waals surface area contributed by atoms with Crippen molar-refractivity contribution >= 4 is 5.91 Å². The average Bonchev–Trinajstić information content (AvgIpc) is 3.10. The van der Waals surface area contributed by atoms with Gasteiger partial charge in [0, 0.05) is 49.7 Å². The molecule has 0 aromatic carbocycles. The van der Waals surface area contributed by atoms with Crippen LogP contribution in [0, 0.1) is 0 Å². The number of likely N-dealkylation sites (tertiary alicyclic amines) is 1. The minimum atomic E-state index is 0.137. The largest absolute Gasteiger partial charge is 0.342 e. The molecule has 3 heterocycles. The van der Waals surface area contributed by atoms with Gasteiger partial charge in [0.15, 0.2) is 5.82 Å². The highest BCUT2D eigenvalue weighted by Crippen LogP contribution is 2.25. The van der Waals surface area contributed by atoms with E-state index in [0.717, 1.165) is 31.6 Å². The van der Waals surface area contributed by atoms with E-state index >= 15 is 0 Å². The van der Waals surface area contributed by atoms with E-state index in [0.29, 0.717) is 30.5 Å². The summed E-state index contributed by atoms with van der Waals surface area (Å²) >= 11 is 0. The molecule has 3 rings (SSSR count). The van der Waals surface area contributed by atoms with Crippen LogP contribution in [0.2, 0.25) is 0 Å². The quantitative estimate of drug-likeness (QED) is 0.837. The van der Waals surface area contributed by atoms with Gasteiger partial charge >= 0.3 is 0 Å². The lowest BCUT2D eigenvalue weighted by Gasteiger charge is -2.32. The Morgan fingerprint density at radius 2 is 2.33 bits per heavy atom. The number of carbonyl (C=O) groups excluding carboxylic acids is 1. The molecule has 0 aliphatic carbocycles. The molecule has 0 radical (unpaired) electrons. The smallest absolute Gasteiger partial charge is 0.227 e. The van der Waals surface area contributed by atoms with Crippen molar-refractivity contribution in [1.29, 1.82) is 0 Å². The number of hydrogen-bond acceptors (Lipinski definition) is 6. The third-order valence-electron chi connectivity index (χ3n) is 4.35. The zero-order valence-electron chi connectivity index (χ0n) is 14.2. The molecule has 0 saturated carbocycles. The molecule has 0 N–H and O–H groups in total. The summed E-state index contributed by atoms with van der Waals surface area (Å²) in [4.78, 5) is 27.0. The summed E-state index contributed by atoms with van der Waals surface area (Å²) in [5.41, 5.74) is 1.01. The number of rotatable bonds is 5. The molecule has 24 heavy (non-hydrogen) atoms. The van der Waals surface area contributed by atoms with Crippen molar-refractivity contribution in [3.8, 4) is 0 Å². The molecule has 1 atom stereocenters. The van der Waals surface area contributed by atoms with Crippen molar-refractivity contribution in [2.24, 2.45) is 0 Å². The molecule has 128 valence electrons. The number of hydrogen-bond donors (Lipinski definition) is 0. The van der Waals surface area contributed by atoms with Crippen LogP contribution in [0.5, 0.6) is 0 Å². The minimum absolute atomic E-state index is 0.137. The maximum atomic E-state index is 12.5. The zero-order chi connectivity index (χ0) is 16.9. The predicted octanol–water partition coefficient (Wildman–Crippen LogP) is 2.32. The molecule has 1 aliphatic rings. The molecule has 1 saturated heterocycles. The monoisotopic (exact) mass is 329 g/mol. The second-order valence-electron chi connectivity index (χ2n) is 6.51. The summed E-state index contributed by atoms with van der Waals surface area (Å²) < 4.78 is 5.21. The van der Waals surface area contributed by atoms with Crippen LogP contribution in [0.1, 0.15) is 62.4 Å². The normalized spacial score (nSPS) is 18.1. The topological polar surface area (TPSA) is 85.0 Å². The van der Waals surface area contributed by atoms with Gasteiger partial charge in [-0.05, 0) is 18.9 Å². The van der Waals surface area contributed by atoms with Gasteiger partial charge in [0.1, 0.15) is 6.33 Å². The third kappa shape index (κ3) is 3.96. The molecule has 2 aromatic rings. The first-order valence-electron chi connectivity index (χ1n) is 8.49. The first-order chi connectivity index (χ1) is 11.6. The summed E-state index contributed by atoms with van der Waals surface area (Å²) in [6.07, 6.45) is 6.27. The number of aryl methyl sites for hydroxylation is 1. The standard InChI is InChI=1S/C17H23N5O2/c1-12(2)17-20-15(24-21-17)5-6-16(23)22-9-3-4-13(10-22)14-7-8-18-11-19-14/h7-8,11-13H,3-6,9-10H2,1-2H3/t13-/m1/s1. The van der Waals surface area contributed by atoms with Crippen LogP contribution in [0.4, 0.5) is 0 Å². The fourth-order valence-corrected chi connectivity index (χ4v) is 2.96. The average molecular weight is 329 g/mol. The summed E-state index contributed by atoms with van der Waals surface area (Å²) in [6.45, 7) is 5.56. The summed E-state index contributed by atoms with van der Waals surface area (Å²) in [5.74, 6) is 1.89. The lowest BCUT2D eigenvalue weighted by Crippen LogP contribution is -2.39. The number of aromatic nitrogens is 4. The van der Waals surface area contributed by atoms with Crippen LogP contribution in [-0.4, -0.2) is 44.0 Å². The van der Waals surface area contributed by atoms with Gasteiger partial charge in [0.25, 0.3) is 0 Å². The van der Waals surface area contributed by atoms with E-state index in [1.807, 2.05) is 24.8 Å². The molecule has 1 fully saturated rings. The first kappa shape index (κ1) is 16.5. The van der Waals surface area contributed by atoms with Gasteiger partial charge in [-0.2, -0.15) is 4.98 Å². The number of carbonyl (C=O) groups is 1. The van der Waals surface area contributed by atoms with E-state index < -0.39 is 0 Å². The summed E-state index contributed by atoms with van der Waals surface area (Å²) in [7, 11) is 0. The molecular weight excluding hydrogens is 306 g/mol. The fraction of sp³-hybridized carbons (Fsp3) is 0.588. The molecule has 0 spiro atoms. The van der Waals surface area contributed by atoms with Crippen LogP contribution < -0.4 is 0 Å².